The summed E-state index contributed by atoms with van der Waals surface area (Å²) < 4.78 is 58.2. The highest BCUT2D eigenvalue weighted by Crippen LogP contribution is 2.52. The molecule has 0 bridgehead atoms. The first-order valence-corrected chi connectivity index (χ1v) is 14.4. The summed E-state index contributed by atoms with van der Waals surface area (Å²) in [6, 6.07) is 11.6. The average molecular weight is 562 g/mol. The fourth-order valence-electron chi connectivity index (χ4n) is 5.69. The maximum absolute atomic E-state index is 14.0. The first kappa shape index (κ1) is 29.6. The van der Waals surface area contributed by atoms with Crippen molar-refractivity contribution < 1.29 is 27.4 Å². The Morgan fingerprint density at radius 1 is 1.08 bits per heavy atom. The Labute approximate surface area is 234 Å². The summed E-state index contributed by atoms with van der Waals surface area (Å²) in [4.78, 5) is -0.877. The predicted octanol–water partition coefficient (Wildman–Crippen LogP) is 8.16. The Balaban J connectivity index is 1.72. The topological polar surface area (TPSA) is 39.7 Å². The molecule has 1 aliphatic carbocycles. The number of allylic oxidation sites excluding steroid dienone is 2. The van der Waals surface area contributed by atoms with Gasteiger partial charge in [0, 0.05) is 16.9 Å². The van der Waals surface area contributed by atoms with E-state index in [1.54, 1.807) is 26.4 Å². The number of unbranched alkanes of at least 4 members (excludes halogenated alkanes) is 1. The van der Waals surface area contributed by atoms with E-state index in [2.05, 4.69) is 12.2 Å². The summed E-state index contributed by atoms with van der Waals surface area (Å²) in [5.74, 6) is 0.782. The van der Waals surface area contributed by atoms with Gasteiger partial charge in [-0.1, -0.05) is 67.5 Å². The molecule has 4 nitrogen and oxygen atoms in total. The summed E-state index contributed by atoms with van der Waals surface area (Å²) in [6.45, 7) is 4.86. The first-order chi connectivity index (χ1) is 18.7. The molecule has 1 aliphatic heterocycles. The second-order valence-corrected chi connectivity index (χ2v) is 11.6. The van der Waals surface area contributed by atoms with Gasteiger partial charge in [0.25, 0.3) is 0 Å². The minimum Gasteiger partial charge on any atom is -0.493 e. The van der Waals surface area contributed by atoms with E-state index in [4.69, 9.17) is 14.2 Å². The number of benzene rings is 2. The molecule has 2 aromatic rings. The number of hydrogen-bond acceptors (Lipinski definition) is 5. The lowest BCUT2D eigenvalue weighted by molar-refractivity contribution is -0.348. The molecule has 0 spiro atoms. The molecular formula is C31H38F3NO3S. The molecule has 0 amide bonds. The molecule has 2 aliphatic rings. The monoisotopic (exact) mass is 561 g/mol. The van der Waals surface area contributed by atoms with Gasteiger partial charge in [-0.3, -0.25) is 4.74 Å². The second kappa shape index (κ2) is 12.8. The highest BCUT2D eigenvalue weighted by Gasteiger charge is 2.50. The Bertz CT molecular complexity index is 1160. The number of hydrogen-bond donors (Lipinski definition) is 1. The quantitative estimate of drug-likeness (QED) is 0.280. The van der Waals surface area contributed by atoms with Crippen LogP contribution in [0.4, 0.5) is 13.2 Å². The molecule has 8 heteroatoms. The molecule has 4 rings (SSSR count). The Kier molecular flexibility index (Phi) is 9.73. The van der Waals surface area contributed by atoms with Gasteiger partial charge in [-0.15, -0.1) is 13.2 Å². The van der Waals surface area contributed by atoms with Crippen molar-refractivity contribution in [3.8, 4) is 11.5 Å². The molecule has 1 heterocycles. The molecule has 4 unspecified atom stereocenters. The van der Waals surface area contributed by atoms with Gasteiger partial charge in [0.1, 0.15) is 0 Å². The molecule has 0 fully saturated rings. The Morgan fingerprint density at radius 3 is 2.46 bits per heavy atom. The van der Waals surface area contributed by atoms with Crippen LogP contribution in [0.25, 0.3) is 0 Å². The van der Waals surface area contributed by atoms with Crippen molar-refractivity contribution in [1.29, 1.82) is 0 Å². The minimum absolute atomic E-state index is 0.0253. The van der Waals surface area contributed by atoms with Gasteiger partial charge in [-0.25, -0.2) is 0 Å². The maximum atomic E-state index is 14.0. The van der Waals surface area contributed by atoms with Gasteiger partial charge in [0.15, 0.2) is 16.4 Å². The van der Waals surface area contributed by atoms with Crippen molar-refractivity contribution in [2.75, 3.05) is 20.8 Å². The van der Waals surface area contributed by atoms with Crippen molar-refractivity contribution in [2.24, 2.45) is 11.8 Å². The molecule has 1 N–H and O–H groups in total. The van der Waals surface area contributed by atoms with Gasteiger partial charge in [0.2, 0.25) is 0 Å². The maximum Gasteiger partial charge on any atom is 0.524 e. The standard InChI is InChI=1S/C31H38F3NO3S/c1-5-6-9-23(18-27-25-20-29(37-4)28(36-3)19-22(25)15-17-35-27)26-10-7-8-16-30(26,38-31(32,33)34)39-24-13-11-21(2)12-14-24/h7-8,10-14,16,19-20,23,26-27,35H,5-6,9,15,17-18H2,1-4H3. The molecule has 0 aromatic heterocycles. The van der Waals surface area contributed by atoms with Crippen molar-refractivity contribution >= 4 is 11.8 Å². The number of halogens is 3. The van der Waals surface area contributed by atoms with Crippen LogP contribution >= 0.6 is 11.8 Å². The van der Waals surface area contributed by atoms with Gasteiger partial charge in [-0.05, 0) is 80.1 Å². The lowest BCUT2D eigenvalue weighted by Gasteiger charge is -2.43. The van der Waals surface area contributed by atoms with E-state index in [1.807, 2.05) is 55.5 Å². The fourth-order valence-corrected chi connectivity index (χ4v) is 7.02. The number of thioether (sulfide) groups is 1. The van der Waals surface area contributed by atoms with E-state index in [0.717, 1.165) is 60.0 Å². The van der Waals surface area contributed by atoms with Gasteiger partial charge in [0.05, 0.1) is 14.2 Å². The van der Waals surface area contributed by atoms with E-state index >= 15 is 0 Å². The SMILES string of the molecule is CCCCC(CC1NCCc2cc(OC)c(OC)cc21)C1C=CC=CC1(OC(F)(F)F)Sc1ccc(C)cc1. The van der Waals surface area contributed by atoms with Gasteiger partial charge in [-0.2, -0.15) is 0 Å². The lowest BCUT2D eigenvalue weighted by Crippen LogP contribution is -2.45. The van der Waals surface area contributed by atoms with Crippen molar-refractivity contribution in [1.82, 2.24) is 5.32 Å². The van der Waals surface area contributed by atoms with Crippen molar-refractivity contribution in [2.45, 2.75) is 68.2 Å². The summed E-state index contributed by atoms with van der Waals surface area (Å²) in [6.07, 6.45) is 6.42. The summed E-state index contributed by atoms with van der Waals surface area (Å²) >= 11 is 1.14. The lowest BCUT2D eigenvalue weighted by atomic mass is 9.76. The third-order valence-corrected chi connectivity index (χ3v) is 8.90. The zero-order valence-corrected chi connectivity index (χ0v) is 23.8. The zero-order chi connectivity index (χ0) is 28.0. The van der Waals surface area contributed by atoms with Crippen LogP contribution in [0, 0.1) is 18.8 Å². The third kappa shape index (κ3) is 7.21. The Morgan fingerprint density at radius 2 is 1.79 bits per heavy atom. The van der Waals surface area contributed by atoms with E-state index in [0.29, 0.717) is 17.9 Å². The fraction of sp³-hybridized carbons (Fsp3) is 0.484. The number of aryl methyl sites for hydroxylation is 1. The molecule has 0 saturated heterocycles. The smallest absolute Gasteiger partial charge is 0.493 e. The van der Waals surface area contributed by atoms with Crippen LogP contribution in [0.5, 0.6) is 11.5 Å². The third-order valence-electron chi connectivity index (χ3n) is 7.58. The molecule has 0 saturated carbocycles. The van der Waals surface area contributed by atoms with Crippen LogP contribution in [0.3, 0.4) is 0 Å². The first-order valence-electron chi connectivity index (χ1n) is 13.5. The van der Waals surface area contributed by atoms with Crippen LogP contribution in [-0.4, -0.2) is 32.1 Å². The van der Waals surface area contributed by atoms with E-state index in [-0.39, 0.29) is 12.0 Å². The summed E-state index contributed by atoms with van der Waals surface area (Å²) in [7, 11) is 3.24. The van der Waals surface area contributed by atoms with Crippen molar-refractivity contribution in [3.05, 3.63) is 77.4 Å². The number of nitrogens with one attached hydrogen (secondary N) is 1. The van der Waals surface area contributed by atoms with Gasteiger partial charge >= 0.3 is 6.36 Å². The van der Waals surface area contributed by atoms with E-state index in [9.17, 15) is 13.2 Å². The second-order valence-electron chi connectivity index (χ2n) is 10.3. The minimum atomic E-state index is -4.79. The van der Waals surface area contributed by atoms with Gasteiger partial charge < -0.3 is 14.8 Å². The molecule has 0 radical (unpaired) electrons. The van der Waals surface area contributed by atoms with Crippen LogP contribution < -0.4 is 14.8 Å². The number of fused-ring (bicyclic) bond motifs is 1. The molecule has 4 atom stereocenters. The normalized spacial score (nSPS) is 23.4. The number of rotatable bonds is 11. The highest BCUT2D eigenvalue weighted by atomic mass is 32.2. The van der Waals surface area contributed by atoms with E-state index < -0.39 is 17.2 Å². The average Bonchev–Trinajstić information content (AvgIpc) is 2.91. The largest absolute Gasteiger partial charge is 0.524 e. The Hall–Kier alpha value is -2.42. The van der Waals surface area contributed by atoms with Crippen LogP contribution in [0.15, 0.2) is 65.6 Å². The van der Waals surface area contributed by atoms with Crippen LogP contribution in [-0.2, 0) is 11.2 Å². The van der Waals surface area contributed by atoms with Crippen LogP contribution in [0.1, 0.15) is 55.3 Å². The molecular weight excluding hydrogens is 523 g/mol. The highest BCUT2D eigenvalue weighted by molar-refractivity contribution is 8.00. The molecule has 39 heavy (non-hydrogen) atoms. The summed E-state index contributed by atoms with van der Waals surface area (Å²) in [5.41, 5.74) is 3.34. The zero-order valence-electron chi connectivity index (χ0n) is 23.0. The van der Waals surface area contributed by atoms with Crippen molar-refractivity contribution in [3.63, 3.8) is 0 Å². The number of methoxy groups -OCH3 is 2. The number of alkyl halides is 3. The number of ether oxygens (including phenoxy) is 3. The molecule has 2 aromatic carbocycles. The molecule has 212 valence electrons. The predicted molar refractivity (Wildman–Crippen MR) is 150 cm³/mol. The summed E-state index contributed by atoms with van der Waals surface area (Å²) in [5, 5.41) is 3.63. The van der Waals surface area contributed by atoms with Crippen LogP contribution in [0.2, 0.25) is 0 Å². The van der Waals surface area contributed by atoms with E-state index in [1.165, 1.54) is 5.56 Å².